The molecule has 26 heavy (non-hydrogen) atoms. The number of ether oxygens (including phenoxy) is 2. The molecule has 6 heteroatoms. The second-order valence-electron chi connectivity index (χ2n) is 7.20. The third-order valence-corrected chi connectivity index (χ3v) is 5.19. The van der Waals surface area contributed by atoms with Crippen molar-refractivity contribution >= 4 is 5.96 Å². The van der Waals surface area contributed by atoms with Gasteiger partial charge in [-0.25, -0.2) is 0 Å². The van der Waals surface area contributed by atoms with Crippen LogP contribution in [0.4, 0.5) is 0 Å². The zero-order chi connectivity index (χ0) is 18.5. The van der Waals surface area contributed by atoms with E-state index in [9.17, 15) is 0 Å². The first-order valence-electron chi connectivity index (χ1n) is 9.67. The Kier molecular flexibility index (Phi) is 6.25. The van der Waals surface area contributed by atoms with Gasteiger partial charge in [0.05, 0.1) is 13.7 Å². The number of nitrogens with zero attached hydrogens (tertiary/aromatic N) is 2. The van der Waals surface area contributed by atoms with Crippen LogP contribution >= 0.6 is 0 Å². The average molecular weight is 361 g/mol. The van der Waals surface area contributed by atoms with E-state index in [0.29, 0.717) is 25.2 Å². The van der Waals surface area contributed by atoms with Gasteiger partial charge in [0.15, 0.2) is 17.5 Å². The minimum atomic E-state index is 0.464. The molecule has 1 aliphatic heterocycles. The van der Waals surface area contributed by atoms with Crippen molar-refractivity contribution in [2.24, 2.45) is 4.99 Å². The number of hydrogen-bond donors (Lipinski definition) is 2. The van der Waals surface area contributed by atoms with E-state index in [4.69, 9.17) is 9.47 Å². The Morgan fingerprint density at radius 2 is 2.12 bits per heavy atom. The summed E-state index contributed by atoms with van der Waals surface area (Å²) in [6.45, 7) is 6.74. The Bertz CT molecular complexity index is 630. The molecule has 1 aromatic carbocycles. The molecule has 2 aliphatic rings. The van der Waals surface area contributed by atoms with E-state index in [1.165, 1.54) is 19.3 Å². The van der Waals surface area contributed by atoms with Crippen LogP contribution in [0.3, 0.4) is 0 Å². The van der Waals surface area contributed by atoms with Gasteiger partial charge < -0.3 is 20.1 Å². The van der Waals surface area contributed by atoms with E-state index in [1.54, 1.807) is 7.11 Å². The van der Waals surface area contributed by atoms with Crippen molar-refractivity contribution < 1.29 is 9.47 Å². The van der Waals surface area contributed by atoms with Crippen LogP contribution in [0.5, 0.6) is 11.5 Å². The molecule has 0 amide bonds. The smallest absolute Gasteiger partial charge is 0.191 e. The van der Waals surface area contributed by atoms with Gasteiger partial charge in [-0.2, -0.15) is 0 Å². The number of likely N-dealkylation sites (tertiary alicyclic amines) is 1. The number of nitrogens with one attached hydrogen (secondary N) is 2. The molecule has 0 radical (unpaired) electrons. The fraction of sp³-hybridized carbons (Fsp3) is 0.650. The van der Waals surface area contributed by atoms with Gasteiger partial charge in [-0.05, 0) is 50.8 Å². The molecule has 2 fully saturated rings. The zero-order valence-electron chi connectivity index (χ0n) is 16.4. The molecule has 0 bridgehead atoms. The molecule has 3 rings (SSSR count). The van der Waals surface area contributed by atoms with Crippen LogP contribution in [0.25, 0.3) is 0 Å². The van der Waals surface area contributed by atoms with E-state index in [0.717, 1.165) is 35.6 Å². The van der Waals surface area contributed by atoms with Gasteiger partial charge in [0, 0.05) is 38.3 Å². The third-order valence-electron chi connectivity index (χ3n) is 5.19. The number of hydrogen-bond acceptors (Lipinski definition) is 4. The summed E-state index contributed by atoms with van der Waals surface area (Å²) in [7, 11) is 3.49. The zero-order valence-corrected chi connectivity index (χ0v) is 16.4. The molecule has 1 saturated carbocycles. The van der Waals surface area contributed by atoms with Crippen molar-refractivity contribution in [2.45, 2.75) is 57.8 Å². The second-order valence-corrected chi connectivity index (χ2v) is 7.20. The molecule has 0 spiro atoms. The fourth-order valence-electron chi connectivity index (χ4n) is 3.75. The Morgan fingerprint density at radius 1 is 1.31 bits per heavy atom. The van der Waals surface area contributed by atoms with Crippen LogP contribution in [-0.4, -0.2) is 56.3 Å². The number of benzene rings is 1. The molecule has 1 saturated heterocycles. The van der Waals surface area contributed by atoms with Gasteiger partial charge in [0.25, 0.3) is 0 Å². The molecule has 0 aromatic heterocycles. The maximum Gasteiger partial charge on any atom is 0.191 e. The average Bonchev–Trinajstić information content (AvgIpc) is 3.42. The van der Waals surface area contributed by atoms with Crippen LogP contribution in [0.2, 0.25) is 0 Å². The van der Waals surface area contributed by atoms with E-state index in [1.807, 2.05) is 32.2 Å². The topological polar surface area (TPSA) is 58.1 Å². The van der Waals surface area contributed by atoms with Crippen LogP contribution in [0, 0.1) is 0 Å². The predicted molar refractivity (Wildman–Crippen MR) is 105 cm³/mol. The van der Waals surface area contributed by atoms with E-state index in [-0.39, 0.29) is 0 Å². The lowest BCUT2D eigenvalue weighted by atomic mass is 10.2. The van der Waals surface area contributed by atoms with Crippen LogP contribution in [0.1, 0.15) is 38.7 Å². The number of guanidine groups is 1. The summed E-state index contributed by atoms with van der Waals surface area (Å²) < 4.78 is 11.0. The normalized spacial score (nSPS) is 23.8. The lowest BCUT2D eigenvalue weighted by Gasteiger charge is -2.20. The quantitative estimate of drug-likeness (QED) is 0.578. The van der Waals surface area contributed by atoms with Crippen LogP contribution in [0.15, 0.2) is 23.2 Å². The molecule has 1 aliphatic carbocycles. The van der Waals surface area contributed by atoms with Crippen molar-refractivity contribution in [3.63, 3.8) is 0 Å². The van der Waals surface area contributed by atoms with Crippen molar-refractivity contribution in [3.8, 4) is 11.5 Å². The maximum absolute atomic E-state index is 5.66. The van der Waals surface area contributed by atoms with Crippen LogP contribution < -0.4 is 20.1 Å². The first kappa shape index (κ1) is 18.8. The van der Waals surface area contributed by atoms with Crippen molar-refractivity contribution in [2.75, 3.05) is 27.3 Å². The minimum absolute atomic E-state index is 0.464. The fourth-order valence-corrected chi connectivity index (χ4v) is 3.75. The van der Waals surface area contributed by atoms with E-state index >= 15 is 0 Å². The molecule has 6 nitrogen and oxygen atoms in total. The van der Waals surface area contributed by atoms with Crippen LogP contribution in [-0.2, 0) is 6.54 Å². The first-order chi connectivity index (χ1) is 12.6. The number of aliphatic imine (C=N–C) groups is 1. The predicted octanol–water partition coefficient (Wildman–Crippen LogP) is 2.38. The summed E-state index contributed by atoms with van der Waals surface area (Å²) in [6, 6.07) is 7.97. The Balaban J connectivity index is 1.53. The summed E-state index contributed by atoms with van der Waals surface area (Å²) in [5.41, 5.74) is 1.14. The molecule has 1 heterocycles. The summed E-state index contributed by atoms with van der Waals surface area (Å²) in [6.07, 6.45) is 3.90. The molecule has 2 N–H and O–H groups in total. The van der Waals surface area contributed by atoms with Gasteiger partial charge in [-0.1, -0.05) is 6.07 Å². The first-order valence-corrected chi connectivity index (χ1v) is 9.67. The van der Waals surface area contributed by atoms with Crippen molar-refractivity contribution in [1.29, 1.82) is 0 Å². The van der Waals surface area contributed by atoms with Gasteiger partial charge in [0.2, 0.25) is 0 Å². The van der Waals surface area contributed by atoms with E-state index in [2.05, 4.69) is 27.4 Å². The second kappa shape index (κ2) is 8.62. The van der Waals surface area contributed by atoms with Gasteiger partial charge in [-0.3, -0.25) is 9.89 Å². The van der Waals surface area contributed by atoms with Gasteiger partial charge >= 0.3 is 0 Å². The molecule has 144 valence electrons. The van der Waals surface area contributed by atoms with Gasteiger partial charge in [-0.15, -0.1) is 0 Å². The molecular formula is C20H32N4O2. The summed E-state index contributed by atoms with van der Waals surface area (Å²) >= 11 is 0. The molecule has 2 unspecified atom stereocenters. The standard InChI is InChI=1S/C20H32N4O2/c1-5-26-19-11-15(6-9-18(19)25-4)12-22-20(21-3)23-16-10-14(2)24(13-16)17-7-8-17/h6,9,11,14,16-17H,5,7-8,10,12-13H2,1-4H3,(H2,21,22,23). The Labute approximate surface area is 157 Å². The van der Waals surface area contributed by atoms with Crippen molar-refractivity contribution in [1.82, 2.24) is 15.5 Å². The summed E-state index contributed by atoms with van der Waals surface area (Å²) in [4.78, 5) is 7.03. The minimum Gasteiger partial charge on any atom is -0.493 e. The summed E-state index contributed by atoms with van der Waals surface area (Å²) in [5, 5.41) is 7.00. The Hall–Kier alpha value is -1.95. The highest BCUT2D eigenvalue weighted by atomic mass is 16.5. The molecular weight excluding hydrogens is 328 g/mol. The maximum atomic E-state index is 5.66. The Morgan fingerprint density at radius 3 is 2.77 bits per heavy atom. The third kappa shape index (κ3) is 4.61. The largest absolute Gasteiger partial charge is 0.493 e. The number of rotatable bonds is 7. The van der Waals surface area contributed by atoms with E-state index < -0.39 is 0 Å². The van der Waals surface area contributed by atoms with Gasteiger partial charge in [0.1, 0.15) is 0 Å². The van der Waals surface area contributed by atoms with Crippen molar-refractivity contribution in [3.05, 3.63) is 23.8 Å². The molecule has 2 atom stereocenters. The summed E-state index contributed by atoms with van der Waals surface area (Å²) in [5.74, 6) is 2.40. The monoisotopic (exact) mass is 360 g/mol. The lowest BCUT2D eigenvalue weighted by molar-refractivity contribution is 0.256. The SMILES string of the molecule is CCOc1cc(CNC(=NC)NC2CC(C)N(C3CC3)C2)ccc1OC. The highest BCUT2D eigenvalue weighted by Crippen LogP contribution is 2.33. The highest BCUT2D eigenvalue weighted by Gasteiger charge is 2.38. The number of methoxy groups -OCH3 is 1. The highest BCUT2D eigenvalue weighted by molar-refractivity contribution is 5.80. The molecule has 1 aromatic rings. The lowest BCUT2D eigenvalue weighted by Crippen LogP contribution is -2.44.